The van der Waals surface area contributed by atoms with Gasteiger partial charge in [0.1, 0.15) is 0 Å². The quantitative estimate of drug-likeness (QED) is 0.301. The predicted octanol–water partition coefficient (Wildman–Crippen LogP) is 4.91. The number of ether oxygens (including phenoxy) is 2. The lowest BCUT2D eigenvalue weighted by Crippen LogP contribution is -2.53. The van der Waals surface area contributed by atoms with Crippen molar-refractivity contribution in [1.29, 1.82) is 0 Å². The average molecular weight is 614 g/mol. The molecule has 0 aliphatic carbocycles. The largest absolute Gasteiger partial charge is 0.493 e. The number of nitrogens with two attached hydrogens (primary N) is 1. The summed E-state index contributed by atoms with van der Waals surface area (Å²) in [5.74, 6) is 0.412. The first-order valence-corrected chi connectivity index (χ1v) is 14.3. The summed E-state index contributed by atoms with van der Waals surface area (Å²) in [5.41, 5.74) is 8.41. The highest BCUT2D eigenvalue weighted by Gasteiger charge is 2.33. The number of hydrogen-bond donors (Lipinski definition) is 2. The van der Waals surface area contributed by atoms with Gasteiger partial charge in [0.25, 0.3) is 5.91 Å². The van der Waals surface area contributed by atoms with Gasteiger partial charge in [-0.2, -0.15) is 0 Å². The van der Waals surface area contributed by atoms with Crippen LogP contribution in [0.4, 0.5) is 4.79 Å². The number of hydrogen-bond acceptors (Lipinski definition) is 5. The third-order valence-corrected chi connectivity index (χ3v) is 7.72. The summed E-state index contributed by atoms with van der Waals surface area (Å²) >= 11 is 12.4. The number of amides is 4. The van der Waals surface area contributed by atoms with Gasteiger partial charge in [-0.05, 0) is 53.4 Å². The van der Waals surface area contributed by atoms with E-state index in [4.69, 9.17) is 38.4 Å². The number of nitrogens with one attached hydrogen (secondary N) is 1. The lowest BCUT2D eigenvalue weighted by Gasteiger charge is -2.40. The van der Waals surface area contributed by atoms with Gasteiger partial charge in [-0.15, -0.1) is 0 Å². The van der Waals surface area contributed by atoms with Crippen molar-refractivity contribution >= 4 is 41.0 Å². The summed E-state index contributed by atoms with van der Waals surface area (Å²) < 4.78 is 10.7. The molecule has 1 saturated heterocycles. The first kappa shape index (κ1) is 31.0. The zero-order valence-corrected chi connectivity index (χ0v) is 25.1. The van der Waals surface area contributed by atoms with Crippen molar-refractivity contribution in [3.63, 3.8) is 0 Å². The SMILES string of the molecule is COc1ccc(CCNC(=O)c2ccccc2CN2CC(CC(N)=O)CN(Cc3ccc(Cl)cc3Cl)C2=O)cc1OC. The minimum Gasteiger partial charge on any atom is -0.493 e. The molecule has 1 aliphatic rings. The second kappa shape index (κ2) is 14.3. The summed E-state index contributed by atoms with van der Waals surface area (Å²) in [7, 11) is 3.16. The summed E-state index contributed by atoms with van der Waals surface area (Å²) in [6.07, 6.45) is 0.725. The van der Waals surface area contributed by atoms with E-state index in [1.165, 1.54) is 0 Å². The van der Waals surface area contributed by atoms with Gasteiger partial charge < -0.3 is 30.3 Å². The van der Waals surface area contributed by atoms with E-state index in [0.717, 1.165) is 11.1 Å². The minimum absolute atomic E-state index is 0.132. The number of nitrogens with zero attached hydrogens (tertiary/aromatic N) is 2. The second-order valence-corrected chi connectivity index (χ2v) is 11.0. The maximum absolute atomic E-state index is 13.6. The molecule has 0 bridgehead atoms. The summed E-state index contributed by atoms with van der Waals surface area (Å²) in [5, 5.41) is 3.93. The van der Waals surface area contributed by atoms with Gasteiger partial charge in [0.15, 0.2) is 11.5 Å². The molecule has 0 spiro atoms. The number of carbonyl (C=O) groups excluding carboxylic acids is 3. The van der Waals surface area contributed by atoms with E-state index in [9.17, 15) is 14.4 Å². The molecule has 4 rings (SSSR count). The molecule has 222 valence electrons. The normalized spacial score (nSPS) is 15.0. The van der Waals surface area contributed by atoms with Crippen LogP contribution in [0.1, 0.15) is 33.5 Å². The second-order valence-electron chi connectivity index (χ2n) is 10.2. The Morgan fingerprint density at radius 2 is 1.62 bits per heavy atom. The number of rotatable bonds is 12. The molecule has 9 nitrogen and oxygen atoms in total. The molecule has 3 aromatic carbocycles. The fraction of sp³-hybridized carbons (Fsp3) is 0.323. The number of halogens is 2. The number of urea groups is 1. The van der Waals surface area contributed by atoms with Crippen LogP contribution in [0.2, 0.25) is 10.0 Å². The highest BCUT2D eigenvalue weighted by molar-refractivity contribution is 6.35. The Hall–Kier alpha value is -3.95. The van der Waals surface area contributed by atoms with Crippen LogP contribution in [-0.2, 0) is 24.3 Å². The standard InChI is InChI=1S/C31H34Cl2N4O5/c1-41-27-10-7-20(13-28(27)42-2)11-12-35-30(39)25-6-4-3-5-22(25)18-36-16-21(14-29(34)38)17-37(31(36)40)19-23-8-9-24(32)15-26(23)33/h3-10,13,15,21H,11-12,14,16-19H2,1-2H3,(H2,34,38)(H,35,39). The zero-order chi connectivity index (χ0) is 30.2. The van der Waals surface area contributed by atoms with E-state index in [1.54, 1.807) is 54.4 Å². The maximum atomic E-state index is 13.6. The van der Waals surface area contributed by atoms with Crippen molar-refractivity contribution in [1.82, 2.24) is 15.1 Å². The fourth-order valence-corrected chi connectivity index (χ4v) is 5.58. The van der Waals surface area contributed by atoms with Crippen LogP contribution in [0.3, 0.4) is 0 Å². The van der Waals surface area contributed by atoms with E-state index >= 15 is 0 Å². The summed E-state index contributed by atoms with van der Waals surface area (Å²) in [6.45, 7) is 1.54. The number of primary amides is 1. The van der Waals surface area contributed by atoms with E-state index in [2.05, 4.69) is 5.32 Å². The molecule has 4 amide bonds. The van der Waals surface area contributed by atoms with Gasteiger partial charge in [0, 0.05) is 60.7 Å². The highest BCUT2D eigenvalue weighted by Crippen LogP contribution is 2.28. The Bertz CT molecular complexity index is 1450. The molecule has 0 saturated carbocycles. The van der Waals surface area contributed by atoms with Crippen molar-refractivity contribution in [2.75, 3.05) is 33.9 Å². The molecular formula is C31H34Cl2N4O5. The van der Waals surface area contributed by atoms with E-state index in [0.29, 0.717) is 58.7 Å². The monoisotopic (exact) mass is 612 g/mol. The molecule has 11 heteroatoms. The van der Waals surface area contributed by atoms with Crippen LogP contribution < -0.4 is 20.5 Å². The third-order valence-electron chi connectivity index (χ3n) is 7.13. The van der Waals surface area contributed by atoms with Gasteiger partial charge in [-0.25, -0.2) is 4.79 Å². The number of methoxy groups -OCH3 is 2. The molecular weight excluding hydrogens is 579 g/mol. The van der Waals surface area contributed by atoms with Gasteiger partial charge in [0.2, 0.25) is 5.91 Å². The summed E-state index contributed by atoms with van der Waals surface area (Å²) in [6, 6.07) is 17.7. The van der Waals surface area contributed by atoms with Gasteiger partial charge in [0.05, 0.1) is 14.2 Å². The average Bonchev–Trinajstić information content (AvgIpc) is 2.96. The van der Waals surface area contributed by atoms with E-state index < -0.39 is 5.91 Å². The molecule has 1 fully saturated rings. The number of carbonyl (C=O) groups is 3. The Kier molecular flexibility index (Phi) is 10.5. The molecule has 0 radical (unpaired) electrons. The van der Waals surface area contributed by atoms with Crippen LogP contribution in [0, 0.1) is 5.92 Å². The van der Waals surface area contributed by atoms with Crippen LogP contribution in [0.5, 0.6) is 11.5 Å². The van der Waals surface area contributed by atoms with Crippen LogP contribution in [-0.4, -0.2) is 61.5 Å². The lowest BCUT2D eigenvalue weighted by molar-refractivity contribution is -0.119. The first-order valence-electron chi connectivity index (χ1n) is 13.5. The van der Waals surface area contributed by atoms with Gasteiger partial charge in [-0.3, -0.25) is 9.59 Å². The van der Waals surface area contributed by atoms with Crippen molar-refractivity contribution in [3.05, 3.63) is 93.0 Å². The molecule has 1 aliphatic heterocycles. The Morgan fingerprint density at radius 1 is 0.929 bits per heavy atom. The lowest BCUT2D eigenvalue weighted by atomic mass is 9.99. The van der Waals surface area contributed by atoms with Crippen LogP contribution in [0.15, 0.2) is 60.7 Å². The third kappa shape index (κ3) is 7.86. The minimum atomic E-state index is -0.437. The van der Waals surface area contributed by atoms with Gasteiger partial charge >= 0.3 is 6.03 Å². The molecule has 1 atom stereocenters. The van der Waals surface area contributed by atoms with Crippen molar-refractivity contribution in [2.24, 2.45) is 11.7 Å². The number of benzene rings is 3. The Labute approximate surface area is 255 Å². The topological polar surface area (TPSA) is 114 Å². The Balaban J connectivity index is 1.46. The van der Waals surface area contributed by atoms with Crippen molar-refractivity contribution in [2.45, 2.75) is 25.9 Å². The highest BCUT2D eigenvalue weighted by atomic mass is 35.5. The fourth-order valence-electron chi connectivity index (χ4n) is 5.11. The van der Waals surface area contributed by atoms with Crippen LogP contribution in [0.25, 0.3) is 0 Å². The molecule has 3 aromatic rings. The molecule has 1 unspecified atom stereocenters. The van der Waals surface area contributed by atoms with Crippen molar-refractivity contribution < 1.29 is 23.9 Å². The first-order chi connectivity index (χ1) is 20.2. The Morgan fingerprint density at radius 3 is 2.29 bits per heavy atom. The van der Waals surface area contributed by atoms with Crippen LogP contribution >= 0.6 is 23.2 Å². The maximum Gasteiger partial charge on any atom is 0.320 e. The smallest absolute Gasteiger partial charge is 0.320 e. The molecule has 0 aromatic heterocycles. The zero-order valence-electron chi connectivity index (χ0n) is 23.6. The molecule has 42 heavy (non-hydrogen) atoms. The molecule has 1 heterocycles. The molecule has 3 N–H and O–H groups in total. The van der Waals surface area contributed by atoms with Crippen molar-refractivity contribution in [3.8, 4) is 11.5 Å². The van der Waals surface area contributed by atoms with Gasteiger partial charge in [-0.1, -0.05) is 53.5 Å². The van der Waals surface area contributed by atoms with E-state index in [1.807, 2.05) is 30.3 Å². The summed E-state index contributed by atoms with van der Waals surface area (Å²) in [4.78, 5) is 41.9. The van der Waals surface area contributed by atoms with E-state index in [-0.39, 0.29) is 37.4 Å². The predicted molar refractivity (Wildman–Crippen MR) is 162 cm³/mol.